The summed E-state index contributed by atoms with van der Waals surface area (Å²) in [5.41, 5.74) is 8.38. The minimum Gasteiger partial charge on any atom is -0.490 e. The van der Waals surface area contributed by atoms with Gasteiger partial charge < -0.3 is 24.7 Å². The summed E-state index contributed by atoms with van der Waals surface area (Å²) >= 11 is 0. The standard InChI is InChI=1S/C28H26N2O5/c1-3-14-33-23-13-10-19(15-25(23)32-4-2)26-21-12-11-20(16-24(21)35-27(30)22(26)17-29)34-28(31)18-8-6-5-7-9-18/h5-13,15-16,26H,3-4,14,30H2,1-2H3. The van der Waals surface area contributed by atoms with Gasteiger partial charge in [-0.05, 0) is 49.2 Å². The second kappa shape index (κ2) is 10.7. The molecule has 1 unspecified atom stereocenters. The van der Waals surface area contributed by atoms with Gasteiger partial charge in [-0.25, -0.2) is 4.79 Å². The molecule has 0 amide bonds. The van der Waals surface area contributed by atoms with Crippen LogP contribution in [0.1, 0.15) is 47.7 Å². The summed E-state index contributed by atoms with van der Waals surface area (Å²) in [4.78, 5) is 12.5. The molecule has 0 saturated carbocycles. The van der Waals surface area contributed by atoms with Crippen molar-refractivity contribution in [2.75, 3.05) is 13.2 Å². The highest BCUT2D eigenvalue weighted by Crippen LogP contribution is 2.45. The van der Waals surface area contributed by atoms with Crippen LogP contribution >= 0.6 is 0 Å². The van der Waals surface area contributed by atoms with Crippen LogP contribution in [-0.4, -0.2) is 19.2 Å². The maximum absolute atomic E-state index is 12.5. The van der Waals surface area contributed by atoms with Crippen LogP contribution in [0.3, 0.4) is 0 Å². The van der Waals surface area contributed by atoms with Gasteiger partial charge in [0.25, 0.3) is 0 Å². The minimum absolute atomic E-state index is 0.000746. The molecule has 4 rings (SSSR count). The zero-order chi connectivity index (χ0) is 24.8. The molecule has 0 radical (unpaired) electrons. The lowest BCUT2D eigenvalue weighted by molar-refractivity contribution is 0.0734. The van der Waals surface area contributed by atoms with Crippen LogP contribution in [0.4, 0.5) is 0 Å². The number of allylic oxidation sites excluding steroid dienone is 1. The van der Waals surface area contributed by atoms with Crippen molar-refractivity contribution >= 4 is 5.97 Å². The molecule has 178 valence electrons. The summed E-state index contributed by atoms with van der Waals surface area (Å²) in [5, 5.41) is 9.87. The Morgan fingerprint density at radius 1 is 1.03 bits per heavy atom. The Hall–Kier alpha value is -4.44. The predicted octanol–water partition coefficient (Wildman–Crippen LogP) is 5.31. The number of benzene rings is 3. The van der Waals surface area contributed by atoms with E-state index in [-0.39, 0.29) is 11.5 Å². The predicted molar refractivity (Wildman–Crippen MR) is 131 cm³/mol. The van der Waals surface area contributed by atoms with Gasteiger partial charge in [0.05, 0.1) is 24.7 Å². The zero-order valence-corrected chi connectivity index (χ0v) is 19.6. The fraction of sp³-hybridized carbons (Fsp3) is 0.214. The molecule has 0 saturated heterocycles. The van der Waals surface area contributed by atoms with E-state index in [1.54, 1.807) is 42.5 Å². The molecule has 7 nitrogen and oxygen atoms in total. The van der Waals surface area contributed by atoms with Gasteiger partial charge in [-0.2, -0.15) is 5.26 Å². The summed E-state index contributed by atoms with van der Waals surface area (Å²) < 4.78 is 22.9. The lowest BCUT2D eigenvalue weighted by Crippen LogP contribution is -2.21. The Bertz CT molecular complexity index is 1290. The van der Waals surface area contributed by atoms with Crippen LogP contribution in [0.5, 0.6) is 23.0 Å². The largest absolute Gasteiger partial charge is 0.490 e. The normalized spacial score (nSPS) is 14.4. The monoisotopic (exact) mass is 470 g/mol. The van der Waals surface area contributed by atoms with Gasteiger partial charge >= 0.3 is 5.97 Å². The molecule has 1 atom stereocenters. The van der Waals surface area contributed by atoms with Gasteiger partial charge in [-0.15, -0.1) is 0 Å². The third-order valence-corrected chi connectivity index (χ3v) is 5.47. The third kappa shape index (κ3) is 5.07. The number of hydrogen-bond acceptors (Lipinski definition) is 7. The number of nitrogens with zero attached hydrogens (tertiary/aromatic N) is 1. The van der Waals surface area contributed by atoms with Crippen LogP contribution < -0.4 is 24.7 Å². The number of rotatable bonds is 8. The van der Waals surface area contributed by atoms with Crippen LogP contribution in [0.2, 0.25) is 0 Å². The van der Waals surface area contributed by atoms with E-state index in [0.717, 1.165) is 17.5 Å². The molecule has 1 aliphatic heterocycles. The molecule has 1 aliphatic rings. The number of nitriles is 1. The van der Waals surface area contributed by atoms with Crippen molar-refractivity contribution in [3.05, 3.63) is 94.9 Å². The molecular formula is C28H26N2O5. The van der Waals surface area contributed by atoms with Gasteiger partial charge in [-0.3, -0.25) is 0 Å². The minimum atomic E-state index is -0.484. The van der Waals surface area contributed by atoms with Crippen molar-refractivity contribution < 1.29 is 23.7 Å². The van der Waals surface area contributed by atoms with Crippen LogP contribution in [0.25, 0.3) is 0 Å². The van der Waals surface area contributed by atoms with E-state index in [9.17, 15) is 10.1 Å². The van der Waals surface area contributed by atoms with Gasteiger partial charge in [0, 0.05) is 11.6 Å². The summed E-state index contributed by atoms with van der Waals surface area (Å²) in [6, 6.07) is 21.5. The first-order chi connectivity index (χ1) is 17.0. The summed E-state index contributed by atoms with van der Waals surface area (Å²) in [6.07, 6.45) is 0.871. The SMILES string of the molecule is CCCOc1ccc(C2C(C#N)=C(N)Oc3cc(OC(=O)c4ccccc4)ccc32)cc1OCC. The van der Waals surface area contributed by atoms with Crippen LogP contribution in [0.15, 0.2) is 78.2 Å². The lowest BCUT2D eigenvalue weighted by atomic mass is 9.83. The topological polar surface area (TPSA) is 104 Å². The Labute approximate surface area is 204 Å². The molecular weight excluding hydrogens is 444 g/mol. The molecule has 0 aromatic heterocycles. The number of hydrogen-bond donors (Lipinski definition) is 1. The van der Waals surface area contributed by atoms with Crippen LogP contribution in [-0.2, 0) is 0 Å². The molecule has 35 heavy (non-hydrogen) atoms. The first-order valence-electron chi connectivity index (χ1n) is 11.4. The second-order valence-corrected chi connectivity index (χ2v) is 7.87. The Morgan fingerprint density at radius 2 is 1.83 bits per heavy atom. The van der Waals surface area contributed by atoms with E-state index in [2.05, 4.69) is 6.07 Å². The highest BCUT2D eigenvalue weighted by Gasteiger charge is 2.32. The van der Waals surface area contributed by atoms with Crippen molar-refractivity contribution in [2.45, 2.75) is 26.2 Å². The average Bonchev–Trinajstić information content (AvgIpc) is 2.87. The fourth-order valence-electron chi connectivity index (χ4n) is 3.89. The maximum Gasteiger partial charge on any atom is 0.343 e. The Morgan fingerprint density at radius 3 is 2.54 bits per heavy atom. The summed E-state index contributed by atoms with van der Waals surface area (Å²) in [6.45, 7) is 4.97. The second-order valence-electron chi connectivity index (χ2n) is 7.87. The zero-order valence-electron chi connectivity index (χ0n) is 19.6. The number of ether oxygens (including phenoxy) is 4. The molecule has 0 fully saturated rings. The molecule has 0 spiro atoms. The summed E-state index contributed by atoms with van der Waals surface area (Å²) in [5.74, 6) is 0.988. The molecule has 3 aromatic rings. The Kier molecular flexibility index (Phi) is 7.22. The highest BCUT2D eigenvalue weighted by atomic mass is 16.5. The molecule has 3 aromatic carbocycles. The van der Waals surface area contributed by atoms with Gasteiger partial charge in [0.2, 0.25) is 5.88 Å². The van der Waals surface area contributed by atoms with Gasteiger partial charge in [0.1, 0.15) is 23.1 Å². The van der Waals surface area contributed by atoms with Crippen molar-refractivity contribution in [3.8, 4) is 29.1 Å². The molecule has 0 bridgehead atoms. The van der Waals surface area contributed by atoms with E-state index in [1.165, 1.54) is 0 Å². The highest BCUT2D eigenvalue weighted by molar-refractivity contribution is 5.91. The molecule has 0 aliphatic carbocycles. The van der Waals surface area contributed by atoms with E-state index in [0.29, 0.717) is 41.8 Å². The lowest BCUT2D eigenvalue weighted by Gasteiger charge is -2.27. The summed E-state index contributed by atoms with van der Waals surface area (Å²) in [7, 11) is 0. The maximum atomic E-state index is 12.5. The number of esters is 1. The van der Waals surface area contributed by atoms with Crippen molar-refractivity contribution in [2.24, 2.45) is 5.73 Å². The third-order valence-electron chi connectivity index (χ3n) is 5.47. The van der Waals surface area contributed by atoms with Crippen molar-refractivity contribution in [1.29, 1.82) is 5.26 Å². The van der Waals surface area contributed by atoms with Crippen molar-refractivity contribution in [1.82, 2.24) is 0 Å². The smallest absolute Gasteiger partial charge is 0.343 e. The fourth-order valence-corrected chi connectivity index (χ4v) is 3.89. The number of nitrogens with two attached hydrogens (primary N) is 1. The molecule has 7 heteroatoms. The quantitative estimate of drug-likeness (QED) is 0.351. The molecule has 1 heterocycles. The van der Waals surface area contributed by atoms with E-state index < -0.39 is 11.9 Å². The van der Waals surface area contributed by atoms with Crippen molar-refractivity contribution in [3.63, 3.8) is 0 Å². The van der Waals surface area contributed by atoms with Gasteiger partial charge in [-0.1, -0.05) is 37.3 Å². The van der Waals surface area contributed by atoms with Crippen LogP contribution in [0, 0.1) is 11.3 Å². The van der Waals surface area contributed by atoms with E-state index in [4.69, 9.17) is 24.7 Å². The molecule has 2 N–H and O–H groups in total. The number of fused-ring (bicyclic) bond motifs is 1. The number of carbonyl (C=O) groups excluding carboxylic acids is 1. The Balaban J connectivity index is 1.70. The first kappa shape index (κ1) is 23.7. The first-order valence-corrected chi connectivity index (χ1v) is 11.4. The number of carbonyl (C=O) groups is 1. The van der Waals surface area contributed by atoms with Gasteiger partial charge in [0.15, 0.2) is 11.5 Å². The average molecular weight is 471 g/mol. The van der Waals surface area contributed by atoms with E-state index in [1.807, 2.05) is 38.1 Å². The van der Waals surface area contributed by atoms with E-state index >= 15 is 0 Å².